The number of Topliss-reactive ketones (excluding diaryl/α,β-unsaturated/α-hetero) is 1. The molecule has 0 saturated heterocycles. The molecule has 0 unspecified atom stereocenters. The Morgan fingerprint density at radius 1 is 1.39 bits per heavy atom. The lowest BCUT2D eigenvalue weighted by molar-refractivity contribution is 0.0969. The topological polar surface area (TPSA) is 39.1 Å². The van der Waals surface area contributed by atoms with Crippen molar-refractivity contribution in [2.24, 2.45) is 0 Å². The van der Waals surface area contributed by atoms with E-state index in [2.05, 4.69) is 31.9 Å². The summed E-state index contributed by atoms with van der Waals surface area (Å²) >= 11 is 8.12. The van der Waals surface area contributed by atoms with E-state index < -0.39 is 0 Å². The first-order valence-electron chi connectivity index (χ1n) is 5.13. The van der Waals surface area contributed by atoms with Crippen LogP contribution in [0.25, 0.3) is 0 Å². The standard InChI is InChI=1S/C12H9Br2NO2S/c1-7-3-2-4-11(17)15(7)6-9(16)8-5-10(13)18-12(8)14/h2-5H,6H2,1H3. The highest BCUT2D eigenvalue weighted by atomic mass is 79.9. The van der Waals surface area contributed by atoms with Crippen LogP contribution in [0.2, 0.25) is 0 Å². The predicted octanol–water partition coefficient (Wildman–Crippen LogP) is 3.63. The molecule has 0 bridgehead atoms. The summed E-state index contributed by atoms with van der Waals surface area (Å²) in [4.78, 5) is 23.8. The van der Waals surface area contributed by atoms with Crippen LogP contribution in [-0.4, -0.2) is 10.4 Å². The molecule has 0 N–H and O–H groups in total. The SMILES string of the molecule is Cc1cccc(=O)n1CC(=O)c1cc(Br)sc1Br. The number of pyridine rings is 1. The predicted molar refractivity (Wildman–Crippen MR) is 79.5 cm³/mol. The lowest BCUT2D eigenvalue weighted by atomic mass is 10.2. The van der Waals surface area contributed by atoms with E-state index in [-0.39, 0.29) is 17.9 Å². The molecule has 3 nitrogen and oxygen atoms in total. The molecule has 2 rings (SSSR count). The van der Waals surface area contributed by atoms with Crippen LogP contribution in [-0.2, 0) is 6.54 Å². The van der Waals surface area contributed by atoms with Crippen molar-refractivity contribution in [1.82, 2.24) is 4.57 Å². The first-order chi connectivity index (χ1) is 8.49. The highest BCUT2D eigenvalue weighted by molar-refractivity contribution is 9.12. The van der Waals surface area contributed by atoms with Gasteiger partial charge < -0.3 is 4.57 Å². The molecule has 0 saturated carbocycles. The molecule has 6 heteroatoms. The van der Waals surface area contributed by atoms with Crippen molar-refractivity contribution in [2.45, 2.75) is 13.5 Å². The van der Waals surface area contributed by atoms with E-state index in [0.29, 0.717) is 5.56 Å². The summed E-state index contributed by atoms with van der Waals surface area (Å²) in [5.74, 6) is -0.0831. The smallest absolute Gasteiger partial charge is 0.251 e. The second-order valence-electron chi connectivity index (χ2n) is 3.75. The van der Waals surface area contributed by atoms with Crippen molar-refractivity contribution in [3.8, 4) is 0 Å². The van der Waals surface area contributed by atoms with E-state index in [9.17, 15) is 9.59 Å². The molecule has 2 aromatic heterocycles. The van der Waals surface area contributed by atoms with Gasteiger partial charge in [0.05, 0.1) is 14.1 Å². The number of carbonyl (C=O) groups is 1. The third-order valence-corrected chi connectivity index (χ3v) is 4.87. The quantitative estimate of drug-likeness (QED) is 0.750. The lowest BCUT2D eigenvalue weighted by Gasteiger charge is -2.07. The van der Waals surface area contributed by atoms with Gasteiger partial charge in [0.25, 0.3) is 5.56 Å². The number of aryl methyl sites for hydroxylation is 1. The van der Waals surface area contributed by atoms with E-state index in [0.717, 1.165) is 13.3 Å². The maximum absolute atomic E-state index is 12.1. The van der Waals surface area contributed by atoms with E-state index in [1.165, 1.54) is 22.0 Å². The van der Waals surface area contributed by atoms with Gasteiger partial charge in [-0.3, -0.25) is 9.59 Å². The fraction of sp³-hybridized carbons (Fsp3) is 0.167. The van der Waals surface area contributed by atoms with Crippen LogP contribution in [0, 0.1) is 6.92 Å². The number of hydrogen-bond donors (Lipinski definition) is 0. The number of nitrogens with zero attached hydrogens (tertiary/aromatic N) is 1. The van der Waals surface area contributed by atoms with Crippen LogP contribution >= 0.6 is 43.2 Å². The van der Waals surface area contributed by atoms with Crippen molar-refractivity contribution in [1.29, 1.82) is 0 Å². The van der Waals surface area contributed by atoms with Gasteiger partial charge in [-0.15, -0.1) is 11.3 Å². The summed E-state index contributed by atoms with van der Waals surface area (Å²) in [6.07, 6.45) is 0. The van der Waals surface area contributed by atoms with Crippen LogP contribution in [0.15, 0.2) is 36.6 Å². The summed E-state index contributed by atoms with van der Waals surface area (Å²) in [6.45, 7) is 1.88. The highest BCUT2D eigenvalue weighted by Crippen LogP contribution is 2.32. The zero-order valence-corrected chi connectivity index (χ0v) is 13.4. The Morgan fingerprint density at radius 3 is 2.67 bits per heavy atom. The van der Waals surface area contributed by atoms with Gasteiger partial charge in [-0.25, -0.2) is 0 Å². The van der Waals surface area contributed by atoms with Gasteiger partial charge in [-0.2, -0.15) is 0 Å². The molecule has 0 aliphatic rings. The number of ketones is 1. The fourth-order valence-electron chi connectivity index (χ4n) is 1.59. The molecule has 0 fully saturated rings. The Labute approximate surface area is 125 Å². The summed E-state index contributed by atoms with van der Waals surface area (Å²) < 4.78 is 3.14. The molecular formula is C12H9Br2NO2S. The second-order valence-corrected chi connectivity index (χ2v) is 7.50. The number of thiophene rings is 1. The molecule has 94 valence electrons. The van der Waals surface area contributed by atoms with Crippen molar-refractivity contribution in [3.05, 3.63) is 53.4 Å². The Kier molecular flexibility index (Phi) is 4.19. The maximum Gasteiger partial charge on any atom is 0.251 e. The summed E-state index contributed by atoms with van der Waals surface area (Å²) in [5.41, 5.74) is 1.22. The second kappa shape index (κ2) is 5.50. The molecule has 0 radical (unpaired) electrons. The molecule has 2 aromatic rings. The molecule has 0 amide bonds. The minimum Gasteiger partial charge on any atom is -0.305 e. The minimum absolute atomic E-state index is 0.0628. The first-order valence-corrected chi connectivity index (χ1v) is 7.54. The van der Waals surface area contributed by atoms with Crippen LogP contribution in [0.3, 0.4) is 0 Å². The third kappa shape index (κ3) is 2.81. The van der Waals surface area contributed by atoms with Crippen molar-refractivity contribution in [2.75, 3.05) is 0 Å². The van der Waals surface area contributed by atoms with Crippen LogP contribution in [0.4, 0.5) is 0 Å². The van der Waals surface area contributed by atoms with Crippen LogP contribution in [0.5, 0.6) is 0 Å². The normalized spacial score (nSPS) is 10.6. The molecular weight excluding hydrogens is 382 g/mol. The maximum atomic E-state index is 12.1. The summed E-state index contributed by atoms with van der Waals surface area (Å²) in [6, 6.07) is 6.72. The molecule has 0 spiro atoms. The minimum atomic E-state index is -0.159. The van der Waals surface area contributed by atoms with Gasteiger partial charge in [0.1, 0.15) is 0 Å². The number of hydrogen-bond acceptors (Lipinski definition) is 3. The number of halogens is 2. The molecule has 0 aliphatic carbocycles. The van der Waals surface area contributed by atoms with E-state index in [1.54, 1.807) is 12.1 Å². The zero-order chi connectivity index (χ0) is 13.3. The van der Waals surface area contributed by atoms with Crippen LogP contribution in [0.1, 0.15) is 16.1 Å². The Balaban J connectivity index is 2.33. The summed E-state index contributed by atoms with van der Waals surface area (Å²) in [7, 11) is 0. The van der Waals surface area contributed by atoms with E-state index in [4.69, 9.17) is 0 Å². The Hall–Kier alpha value is -0.720. The number of carbonyl (C=O) groups excluding carboxylic acids is 1. The van der Waals surface area contributed by atoms with Gasteiger partial charge in [0.2, 0.25) is 0 Å². The van der Waals surface area contributed by atoms with Gasteiger partial charge in [0.15, 0.2) is 5.78 Å². The first kappa shape index (κ1) is 13.7. The number of rotatable bonds is 3. The lowest BCUT2D eigenvalue weighted by Crippen LogP contribution is -2.25. The van der Waals surface area contributed by atoms with Gasteiger partial charge in [-0.1, -0.05) is 6.07 Å². The Morgan fingerprint density at radius 2 is 2.11 bits per heavy atom. The molecule has 2 heterocycles. The van der Waals surface area contributed by atoms with E-state index >= 15 is 0 Å². The average Bonchev–Trinajstić information content (AvgIpc) is 2.63. The van der Waals surface area contributed by atoms with Crippen molar-refractivity contribution < 1.29 is 4.79 Å². The molecule has 0 aromatic carbocycles. The average molecular weight is 391 g/mol. The van der Waals surface area contributed by atoms with Crippen LogP contribution < -0.4 is 5.56 Å². The van der Waals surface area contributed by atoms with Gasteiger partial charge in [-0.05, 0) is 50.9 Å². The van der Waals surface area contributed by atoms with Gasteiger partial charge >= 0.3 is 0 Å². The van der Waals surface area contributed by atoms with Gasteiger partial charge in [0, 0.05) is 17.3 Å². The largest absolute Gasteiger partial charge is 0.305 e. The monoisotopic (exact) mass is 389 g/mol. The highest BCUT2D eigenvalue weighted by Gasteiger charge is 2.15. The number of aromatic nitrogens is 1. The van der Waals surface area contributed by atoms with Crippen molar-refractivity contribution >= 4 is 49.0 Å². The summed E-state index contributed by atoms with van der Waals surface area (Å²) in [5, 5.41) is 0. The Bertz CT molecular complexity index is 660. The molecule has 18 heavy (non-hydrogen) atoms. The molecule has 0 atom stereocenters. The zero-order valence-electron chi connectivity index (χ0n) is 9.44. The van der Waals surface area contributed by atoms with E-state index in [1.807, 2.05) is 13.0 Å². The fourth-order valence-corrected chi connectivity index (χ4v) is 4.44. The van der Waals surface area contributed by atoms with Crippen molar-refractivity contribution in [3.63, 3.8) is 0 Å². The molecule has 0 aliphatic heterocycles. The third-order valence-electron chi connectivity index (χ3n) is 2.53.